The lowest BCUT2D eigenvalue weighted by Gasteiger charge is -2.43. The lowest BCUT2D eigenvalue weighted by Crippen LogP contribution is -2.69. The van der Waals surface area contributed by atoms with Crippen LogP contribution in [0.3, 0.4) is 0 Å². The molecule has 2 fully saturated rings. The van der Waals surface area contributed by atoms with Crippen LogP contribution < -0.4 is 5.73 Å². The van der Waals surface area contributed by atoms with Crippen LogP contribution in [0.25, 0.3) is 0 Å². The zero-order chi connectivity index (χ0) is 18.1. The van der Waals surface area contributed by atoms with E-state index in [2.05, 4.69) is 0 Å². The monoisotopic (exact) mass is 354 g/mol. The van der Waals surface area contributed by atoms with E-state index in [-0.39, 0.29) is 38.4 Å². The summed E-state index contributed by atoms with van der Waals surface area (Å²) in [5.74, 6) is -1.22. The lowest BCUT2D eigenvalue weighted by atomic mass is 9.95. The number of quaternary nitrogens is 1. The first-order valence-electron chi connectivity index (χ1n) is 7.98. The average Bonchev–Trinajstić information content (AvgIpc) is 2.48. The van der Waals surface area contributed by atoms with Crippen LogP contribution in [-0.4, -0.2) is 58.8 Å². The lowest BCUT2D eigenvalue weighted by molar-refractivity contribution is -1.05. The van der Waals surface area contributed by atoms with Crippen molar-refractivity contribution >= 4 is 12.2 Å². The molecule has 3 unspecified atom stereocenters. The zero-order valence-electron chi connectivity index (χ0n) is 13.5. The number of piperidine rings is 2. The number of urea groups is 1. The maximum atomic E-state index is 12.8. The summed E-state index contributed by atoms with van der Waals surface area (Å²) < 4.78 is 37.3. The number of likely N-dealkylation sites (tertiary alicyclic amines) is 2. The Kier molecular flexibility index (Phi) is 5.28. The van der Waals surface area contributed by atoms with Gasteiger partial charge in [-0.3, -0.25) is 10.6 Å². The van der Waals surface area contributed by atoms with Gasteiger partial charge in [0, 0.05) is 25.9 Å². The smallest absolute Gasteiger partial charge is 0.446 e. The molecule has 2 rings (SSSR count). The fraction of sp³-hybridized carbons (Fsp3) is 0.857. The van der Waals surface area contributed by atoms with Crippen LogP contribution in [0.15, 0.2) is 0 Å². The molecule has 0 saturated carbocycles. The summed E-state index contributed by atoms with van der Waals surface area (Å²) in [4.78, 5) is 30.0. The second kappa shape index (κ2) is 6.75. The summed E-state index contributed by atoms with van der Waals surface area (Å²) in [6.45, 7) is 1.85. The fourth-order valence-corrected chi connectivity index (χ4v) is 3.45. The average molecular weight is 354 g/mol. The summed E-state index contributed by atoms with van der Waals surface area (Å²) >= 11 is 0. The molecule has 10 heteroatoms. The van der Waals surface area contributed by atoms with E-state index in [0.717, 1.165) is 0 Å². The minimum atomic E-state index is -4.28. The summed E-state index contributed by atoms with van der Waals surface area (Å²) in [7, 11) is 0. The normalized spacial score (nSPS) is 32.5. The van der Waals surface area contributed by atoms with Crippen molar-refractivity contribution in [2.75, 3.05) is 19.6 Å². The predicted octanol–water partition coefficient (Wildman–Crippen LogP) is 2.52. The van der Waals surface area contributed by atoms with Gasteiger partial charge in [0.1, 0.15) is 6.54 Å². The zero-order valence-corrected chi connectivity index (χ0v) is 13.5. The number of hydroxylamine groups is 3. The number of carboxylic acid groups (broad SMARTS) is 1. The second-order valence-corrected chi connectivity index (χ2v) is 6.66. The largest absolute Gasteiger partial charge is 0.557 e. The van der Waals surface area contributed by atoms with E-state index in [0.29, 0.717) is 12.8 Å². The molecule has 2 amide bonds. The van der Waals surface area contributed by atoms with Gasteiger partial charge in [0.05, 0.1) is 5.92 Å². The predicted molar refractivity (Wildman–Crippen MR) is 76.4 cm³/mol. The highest BCUT2D eigenvalue weighted by atomic mass is 19.4. The molecule has 0 radical (unpaired) electrons. The SMILES string of the molecule is CC1CC[N+](OC(=O)O)(C(=O)N2CCC(C(F)(F)F)CC2)C(N)C1. The number of hydrogen-bond acceptors (Lipinski definition) is 4. The molecule has 2 aliphatic heterocycles. The number of halogens is 3. The number of carbonyl (C=O) groups excluding carboxylic acids is 1. The van der Waals surface area contributed by atoms with E-state index in [1.54, 1.807) is 0 Å². The number of nitrogens with two attached hydrogens (primary N) is 1. The van der Waals surface area contributed by atoms with Gasteiger partial charge in [0.2, 0.25) is 0 Å². The van der Waals surface area contributed by atoms with E-state index in [1.165, 1.54) is 4.90 Å². The molecular weight excluding hydrogens is 331 g/mol. The van der Waals surface area contributed by atoms with E-state index in [4.69, 9.17) is 15.7 Å². The van der Waals surface area contributed by atoms with Gasteiger partial charge in [-0.2, -0.15) is 18.0 Å². The van der Waals surface area contributed by atoms with Crippen molar-refractivity contribution in [3.8, 4) is 0 Å². The molecule has 2 heterocycles. The molecule has 0 aliphatic carbocycles. The second-order valence-electron chi connectivity index (χ2n) is 6.66. The van der Waals surface area contributed by atoms with Crippen LogP contribution >= 0.6 is 0 Å². The molecule has 0 bridgehead atoms. The number of carbonyl (C=O) groups is 2. The van der Waals surface area contributed by atoms with Crippen LogP contribution in [0, 0.1) is 11.8 Å². The van der Waals surface area contributed by atoms with Gasteiger partial charge in [0.25, 0.3) is 0 Å². The topological polar surface area (TPSA) is 92.9 Å². The van der Waals surface area contributed by atoms with Crippen molar-refractivity contribution in [1.29, 1.82) is 0 Å². The first-order chi connectivity index (χ1) is 11.1. The Morgan fingerprint density at radius 1 is 1.25 bits per heavy atom. The quantitative estimate of drug-likeness (QED) is 0.652. The van der Waals surface area contributed by atoms with Crippen LogP contribution in [0.4, 0.5) is 22.8 Å². The molecule has 0 spiro atoms. The van der Waals surface area contributed by atoms with Gasteiger partial charge in [-0.15, -0.1) is 0 Å². The highest BCUT2D eigenvalue weighted by molar-refractivity contribution is 5.68. The van der Waals surface area contributed by atoms with Crippen LogP contribution in [0.5, 0.6) is 0 Å². The molecule has 0 aromatic rings. The van der Waals surface area contributed by atoms with Gasteiger partial charge in [-0.25, -0.2) is 9.63 Å². The molecule has 2 saturated heterocycles. The first kappa shape index (κ1) is 18.8. The first-order valence-corrected chi connectivity index (χ1v) is 7.98. The third-order valence-corrected chi connectivity index (χ3v) is 4.93. The molecular formula is C14H23F3N3O4+. The molecule has 3 N–H and O–H groups in total. The molecule has 138 valence electrons. The van der Waals surface area contributed by atoms with E-state index in [1.807, 2.05) is 6.92 Å². The maximum Gasteiger partial charge on any atom is 0.557 e. The Hall–Kier alpha value is -1.55. The van der Waals surface area contributed by atoms with Gasteiger partial charge in [-0.05, 0) is 23.4 Å². The standard InChI is InChI=1S/C14H22F3N3O4/c1-9-4-7-20(11(18)8-9,24-13(22)23)12(21)19-5-2-10(3-6-19)14(15,16)17/h9-11H,2-8,18H2,1H3/p+1. The number of rotatable bonds is 0. The Morgan fingerprint density at radius 3 is 2.29 bits per heavy atom. The number of alkyl halides is 3. The number of amides is 2. The summed E-state index contributed by atoms with van der Waals surface area (Å²) in [5.41, 5.74) is 6.01. The minimum absolute atomic E-state index is 0.0890. The molecule has 0 aromatic carbocycles. The van der Waals surface area contributed by atoms with Crippen LogP contribution in [-0.2, 0) is 4.84 Å². The highest BCUT2D eigenvalue weighted by Crippen LogP contribution is 2.36. The van der Waals surface area contributed by atoms with Crippen molar-refractivity contribution in [1.82, 2.24) is 4.90 Å². The van der Waals surface area contributed by atoms with Gasteiger partial charge in [-0.1, -0.05) is 6.92 Å². The Bertz CT molecular complexity index is 494. The van der Waals surface area contributed by atoms with Crippen molar-refractivity contribution < 1.29 is 37.4 Å². The summed E-state index contributed by atoms with van der Waals surface area (Å²) in [6.07, 6.45) is -6.22. The minimum Gasteiger partial charge on any atom is -0.446 e. The molecule has 0 aromatic heterocycles. The van der Waals surface area contributed by atoms with Crippen molar-refractivity contribution in [3.63, 3.8) is 0 Å². The summed E-state index contributed by atoms with van der Waals surface area (Å²) in [5, 5.41) is 9.00. The molecule has 24 heavy (non-hydrogen) atoms. The maximum absolute atomic E-state index is 12.8. The van der Waals surface area contributed by atoms with Crippen LogP contribution in [0.2, 0.25) is 0 Å². The van der Waals surface area contributed by atoms with E-state index >= 15 is 0 Å². The third-order valence-electron chi connectivity index (χ3n) is 4.93. The van der Waals surface area contributed by atoms with Gasteiger partial charge < -0.3 is 5.11 Å². The third kappa shape index (κ3) is 3.75. The van der Waals surface area contributed by atoms with E-state index < -0.39 is 35.1 Å². The molecule has 7 nitrogen and oxygen atoms in total. The molecule has 2 aliphatic rings. The number of nitrogens with zero attached hydrogens (tertiary/aromatic N) is 2. The molecule has 3 atom stereocenters. The van der Waals surface area contributed by atoms with Crippen LogP contribution in [0.1, 0.15) is 32.6 Å². The van der Waals surface area contributed by atoms with Crippen molar-refractivity contribution in [3.05, 3.63) is 0 Å². The van der Waals surface area contributed by atoms with Gasteiger partial charge >= 0.3 is 18.4 Å². The highest BCUT2D eigenvalue weighted by Gasteiger charge is 2.54. The Morgan fingerprint density at radius 2 is 1.83 bits per heavy atom. The fourth-order valence-electron chi connectivity index (χ4n) is 3.45. The Labute approximate surface area is 137 Å². The van der Waals surface area contributed by atoms with Gasteiger partial charge in [0.15, 0.2) is 6.17 Å². The number of hydrogen-bond donors (Lipinski definition) is 2. The summed E-state index contributed by atoms with van der Waals surface area (Å²) in [6, 6.07) is -0.669. The van der Waals surface area contributed by atoms with E-state index in [9.17, 15) is 22.8 Å². The van der Waals surface area contributed by atoms with Crippen molar-refractivity contribution in [2.45, 2.75) is 44.9 Å². The Balaban J connectivity index is 2.13. The van der Waals surface area contributed by atoms with Crippen molar-refractivity contribution in [2.24, 2.45) is 17.6 Å².